The summed E-state index contributed by atoms with van der Waals surface area (Å²) in [5, 5.41) is 6.40. The van der Waals surface area contributed by atoms with Crippen LogP contribution in [0.25, 0.3) is 0 Å². The Kier molecular flexibility index (Phi) is 4.89. The largest absolute Gasteiger partial charge is 0.302 e. The topological polar surface area (TPSA) is 24.9 Å². The molecule has 0 saturated carbocycles. The Morgan fingerprint density at radius 1 is 1.15 bits per heavy atom. The zero-order chi connectivity index (χ0) is 14.7. The molecule has 0 aliphatic heterocycles. The monoisotopic (exact) mass is 292 g/mol. The summed E-state index contributed by atoms with van der Waals surface area (Å²) in [7, 11) is 0. The minimum atomic E-state index is -0.188. The molecule has 1 aromatic carbocycles. The van der Waals surface area contributed by atoms with Gasteiger partial charge in [0, 0.05) is 17.0 Å². The average molecular weight is 292 g/mol. The SMILES string of the molecule is CC(C)NC(c1nc(C(C)C)cs1)c1ccccc1F. The highest BCUT2D eigenvalue weighted by molar-refractivity contribution is 7.09. The highest BCUT2D eigenvalue weighted by Crippen LogP contribution is 2.29. The maximum absolute atomic E-state index is 14.1. The Morgan fingerprint density at radius 2 is 1.85 bits per heavy atom. The van der Waals surface area contributed by atoms with Gasteiger partial charge in [0.15, 0.2) is 0 Å². The van der Waals surface area contributed by atoms with Crippen LogP contribution in [0.5, 0.6) is 0 Å². The molecule has 0 bridgehead atoms. The van der Waals surface area contributed by atoms with Gasteiger partial charge in [-0.05, 0) is 25.8 Å². The first-order valence-electron chi connectivity index (χ1n) is 6.94. The van der Waals surface area contributed by atoms with Gasteiger partial charge in [0.2, 0.25) is 0 Å². The van der Waals surface area contributed by atoms with E-state index in [1.807, 2.05) is 12.1 Å². The molecule has 1 N–H and O–H groups in total. The van der Waals surface area contributed by atoms with Gasteiger partial charge >= 0.3 is 0 Å². The number of hydrogen-bond acceptors (Lipinski definition) is 3. The predicted molar refractivity (Wildman–Crippen MR) is 82.7 cm³/mol. The van der Waals surface area contributed by atoms with E-state index in [-0.39, 0.29) is 17.9 Å². The van der Waals surface area contributed by atoms with Crippen LogP contribution in [0.4, 0.5) is 4.39 Å². The second-order valence-electron chi connectivity index (χ2n) is 5.54. The summed E-state index contributed by atoms with van der Waals surface area (Å²) in [5.41, 5.74) is 1.72. The Labute approximate surface area is 124 Å². The summed E-state index contributed by atoms with van der Waals surface area (Å²) in [4.78, 5) is 4.67. The molecule has 2 rings (SSSR count). The van der Waals surface area contributed by atoms with Crippen LogP contribution in [0, 0.1) is 5.82 Å². The van der Waals surface area contributed by atoms with Crippen LogP contribution < -0.4 is 5.32 Å². The molecule has 1 unspecified atom stereocenters. The molecule has 0 radical (unpaired) electrons. The number of nitrogens with one attached hydrogen (secondary N) is 1. The molecule has 0 aliphatic carbocycles. The number of thiazole rings is 1. The molecular formula is C16H21FN2S. The fraction of sp³-hybridized carbons (Fsp3) is 0.438. The molecule has 2 nitrogen and oxygen atoms in total. The molecule has 1 heterocycles. The van der Waals surface area contributed by atoms with Gasteiger partial charge in [-0.25, -0.2) is 9.37 Å². The molecule has 20 heavy (non-hydrogen) atoms. The minimum Gasteiger partial charge on any atom is -0.302 e. The standard InChI is InChI=1S/C16H21FN2S/c1-10(2)14-9-20-16(19-14)15(18-11(3)4)12-7-5-6-8-13(12)17/h5-11,15,18H,1-4H3. The molecule has 1 atom stereocenters. The average Bonchev–Trinajstić information content (AvgIpc) is 2.86. The minimum absolute atomic E-state index is 0.186. The van der Waals surface area contributed by atoms with Crippen LogP contribution in [0.3, 0.4) is 0 Å². The molecule has 2 aromatic rings. The smallest absolute Gasteiger partial charge is 0.128 e. The molecule has 4 heteroatoms. The van der Waals surface area contributed by atoms with Crippen molar-refractivity contribution in [3.63, 3.8) is 0 Å². The zero-order valence-electron chi connectivity index (χ0n) is 12.4. The van der Waals surface area contributed by atoms with Crippen LogP contribution in [0.1, 0.15) is 55.9 Å². The van der Waals surface area contributed by atoms with Crippen molar-refractivity contribution in [2.45, 2.75) is 45.7 Å². The lowest BCUT2D eigenvalue weighted by molar-refractivity contribution is 0.501. The van der Waals surface area contributed by atoms with Crippen LogP contribution in [-0.2, 0) is 0 Å². The predicted octanol–water partition coefficient (Wildman–Crippen LogP) is 4.49. The summed E-state index contributed by atoms with van der Waals surface area (Å²) >= 11 is 1.59. The summed E-state index contributed by atoms with van der Waals surface area (Å²) in [6.45, 7) is 8.36. The van der Waals surface area contributed by atoms with Crippen molar-refractivity contribution in [2.75, 3.05) is 0 Å². The maximum atomic E-state index is 14.1. The normalized spacial score (nSPS) is 13.2. The van der Waals surface area contributed by atoms with Gasteiger partial charge in [-0.1, -0.05) is 32.0 Å². The van der Waals surface area contributed by atoms with Crippen molar-refractivity contribution in [2.24, 2.45) is 0 Å². The molecule has 0 spiro atoms. The lowest BCUT2D eigenvalue weighted by Crippen LogP contribution is -2.29. The summed E-state index contributed by atoms with van der Waals surface area (Å²) in [6, 6.07) is 6.98. The third-order valence-corrected chi connectivity index (χ3v) is 4.02. The van der Waals surface area contributed by atoms with Gasteiger partial charge in [0.1, 0.15) is 10.8 Å². The molecule has 1 aromatic heterocycles. The van der Waals surface area contributed by atoms with Crippen molar-refractivity contribution >= 4 is 11.3 Å². The van der Waals surface area contributed by atoms with Crippen LogP contribution >= 0.6 is 11.3 Å². The number of nitrogens with zero attached hydrogens (tertiary/aromatic N) is 1. The molecule has 0 saturated heterocycles. The molecule has 108 valence electrons. The summed E-state index contributed by atoms with van der Waals surface area (Å²) < 4.78 is 14.1. The Bertz CT molecular complexity index is 563. The van der Waals surface area contributed by atoms with E-state index in [4.69, 9.17) is 0 Å². The van der Waals surface area contributed by atoms with Gasteiger partial charge in [0.25, 0.3) is 0 Å². The quantitative estimate of drug-likeness (QED) is 0.878. The second-order valence-corrected chi connectivity index (χ2v) is 6.43. The van der Waals surface area contributed by atoms with Gasteiger partial charge in [-0.3, -0.25) is 0 Å². The van der Waals surface area contributed by atoms with Crippen molar-refractivity contribution in [1.29, 1.82) is 0 Å². The molecule has 0 amide bonds. The third kappa shape index (κ3) is 3.44. The van der Waals surface area contributed by atoms with E-state index in [9.17, 15) is 4.39 Å². The lowest BCUT2D eigenvalue weighted by Gasteiger charge is -2.20. The van der Waals surface area contributed by atoms with E-state index in [1.165, 1.54) is 6.07 Å². The number of rotatable bonds is 5. The summed E-state index contributed by atoms with van der Waals surface area (Å²) in [5.74, 6) is 0.201. The van der Waals surface area contributed by atoms with Gasteiger partial charge < -0.3 is 5.32 Å². The van der Waals surface area contributed by atoms with E-state index in [0.29, 0.717) is 11.5 Å². The number of halogens is 1. The number of hydrogen-bond donors (Lipinski definition) is 1. The third-order valence-electron chi connectivity index (χ3n) is 3.09. The van der Waals surface area contributed by atoms with E-state index >= 15 is 0 Å². The molecular weight excluding hydrogens is 271 g/mol. The Hall–Kier alpha value is -1.26. The number of benzene rings is 1. The van der Waals surface area contributed by atoms with Crippen molar-refractivity contribution in [3.8, 4) is 0 Å². The lowest BCUT2D eigenvalue weighted by atomic mass is 10.1. The van der Waals surface area contributed by atoms with Gasteiger partial charge in [-0.15, -0.1) is 11.3 Å². The van der Waals surface area contributed by atoms with E-state index in [0.717, 1.165) is 10.7 Å². The first-order valence-corrected chi connectivity index (χ1v) is 7.82. The number of aromatic nitrogens is 1. The van der Waals surface area contributed by atoms with Crippen molar-refractivity contribution < 1.29 is 4.39 Å². The molecule has 0 aliphatic rings. The first-order chi connectivity index (χ1) is 9.49. The Morgan fingerprint density at radius 3 is 2.40 bits per heavy atom. The van der Waals surface area contributed by atoms with Crippen LogP contribution in [-0.4, -0.2) is 11.0 Å². The highest BCUT2D eigenvalue weighted by atomic mass is 32.1. The zero-order valence-corrected chi connectivity index (χ0v) is 13.2. The van der Waals surface area contributed by atoms with Crippen molar-refractivity contribution in [1.82, 2.24) is 10.3 Å². The summed E-state index contributed by atoms with van der Waals surface area (Å²) in [6.07, 6.45) is 0. The maximum Gasteiger partial charge on any atom is 0.128 e. The van der Waals surface area contributed by atoms with Crippen LogP contribution in [0.2, 0.25) is 0 Å². The van der Waals surface area contributed by atoms with Crippen LogP contribution in [0.15, 0.2) is 29.6 Å². The fourth-order valence-electron chi connectivity index (χ4n) is 2.04. The Balaban J connectivity index is 2.39. The van der Waals surface area contributed by atoms with Crippen molar-refractivity contribution in [3.05, 3.63) is 51.7 Å². The van der Waals surface area contributed by atoms with Gasteiger partial charge in [0.05, 0.1) is 11.7 Å². The van der Waals surface area contributed by atoms with E-state index < -0.39 is 0 Å². The second kappa shape index (κ2) is 6.46. The highest BCUT2D eigenvalue weighted by Gasteiger charge is 2.22. The fourth-order valence-corrected chi connectivity index (χ4v) is 3.09. The first kappa shape index (κ1) is 15.1. The van der Waals surface area contributed by atoms with E-state index in [1.54, 1.807) is 17.4 Å². The van der Waals surface area contributed by atoms with E-state index in [2.05, 4.69) is 43.4 Å². The molecule has 0 fully saturated rings. The van der Waals surface area contributed by atoms with Gasteiger partial charge in [-0.2, -0.15) is 0 Å².